The third-order valence-electron chi connectivity index (χ3n) is 3.89. The molecule has 0 unspecified atom stereocenters. The molecule has 1 N–H and O–H groups in total. The van der Waals surface area contributed by atoms with Crippen LogP contribution < -0.4 is 5.32 Å². The molecule has 118 valence electrons. The van der Waals surface area contributed by atoms with Gasteiger partial charge in [0.05, 0.1) is 4.90 Å². The molecule has 1 aliphatic rings. The molecule has 1 aliphatic carbocycles. The van der Waals surface area contributed by atoms with Gasteiger partial charge in [0.15, 0.2) is 0 Å². The first-order valence-corrected chi connectivity index (χ1v) is 8.93. The van der Waals surface area contributed by atoms with Gasteiger partial charge in [0.25, 0.3) is 0 Å². The molecule has 0 bridgehead atoms. The number of hydrogen-bond donors (Lipinski definition) is 1. The number of benzene rings is 1. The van der Waals surface area contributed by atoms with Crippen molar-refractivity contribution in [2.24, 2.45) is 0 Å². The van der Waals surface area contributed by atoms with Crippen molar-refractivity contribution >= 4 is 15.5 Å². The Morgan fingerprint density at radius 1 is 0.952 bits per heavy atom. The third kappa shape index (κ3) is 4.40. The van der Waals surface area contributed by atoms with E-state index in [4.69, 9.17) is 0 Å². The SMILES string of the molecule is O=S(=O)(c1ccc(NC2CCCCCCC2)cc1)C(F)F. The molecule has 0 saturated heterocycles. The van der Waals surface area contributed by atoms with Crippen LogP contribution in [0.15, 0.2) is 29.2 Å². The highest BCUT2D eigenvalue weighted by atomic mass is 32.2. The Bertz CT molecular complexity index is 535. The summed E-state index contributed by atoms with van der Waals surface area (Å²) in [5.74, 6) is -3.37. The zero-order chi connectivity index (χ0) is 15.3. The summed E-state index contributed by atoms with van der Waals surface area (Å²) in [4.78, 5) is -0.333. The van der Waals surface area contributed by atoms with E-state index in [1.54, 1.807) is 12.1 Å². The van der Waals surface area contributed by atoms with Crippen molar-refractivity contribution in [1.82, 2.24) is 0 Å². The molecule has 0 aliphatic heterocycles. The standard InChI is InChI=1S/C15H21F2NO2S/c16-15(17)21(19,20)14-10-8-13(9-11-14)18-12-6-4-2-1-3-5-7-12/h8-12,15,18H,1-7H2. The summed E-state index contributed by atoms with van der Waals surface area (Å²) in [5, 5.41) is 3.37. The fraction of sp³-hybridized carbons (Fsp3) is 0.600. The van der Waals surface area contributed by atoms with Gasteiger partial charge in [0, 0.05) is 11.7 Å². The quantitative estimate of drug-likeness (QED) is 0.905. The van der Waals surface area contributed by atoms with E-state index in [1.165, 1.54) is 44.2 Å². The van der Waals surface area contributed by atoms with Crippen LogP contribution in [0.2, 0.25) is 0 Å². The minimum absolute atomic E-state index is 0.333. The highest BCUT2D eigenvalue weighted by Crippen LogP contribution is 2.23. The van der Waals surface area contributed by atoms with Crippen molar-refractivity contribution in [2.45, 2.75) is 61.6 Å². The summed E-state index contributed by atoms with van der Waals surface area (Å²) in [7, 11) is -4.50. The largest absolute Gasteiger partial charge is 0.382 e. The molecule has 0 spiro atoms. The van der Waals surface area contributed by atoms with Crippen molar-refractivity contribution < 1.29 is 17.2 Å². The van der Waals surface area contributed by atoms with E-state index < -0.39 is 15.6 Å². The highest BCUT2D eigenvalue weighted by molar-refractivity contribution is 7.91. The van der Waals surface area contributed by atoms with Gasteiger partial charge >= 0.3 is 5.76 Å². The van der Waals surface area contributed by atoms with Crippen molar-refractivity contribution in [3.05, 3.63) is 24.3 Å². The van der Waals surface area contributed by atoms with Gasteiger partial charge in [0.2, 0.25) is 9.84 Å². The van der Waals surface area contributed by atoms with Crippen molar-refractivity contribution in [3.63, 3.8) is 0 Å². The van der Waals surface area contributed by atoms with Crippen LogP contribution in [0, 0.1) is 0 Å². The highest BCUT2D eigenvalue weighted by Gasteiger charge is 2.26. The number of sulfone groups is 1. The van der Waals surface area contributed by atoms with Gasteiger partial charge in [0.1, 0.15) is 0 Å². The zero-order valence-electron chi connectivity index (χ0n) is 11.9. The summed E-state index contributed by atoms with van der Waals surface area (Å²) in [6.07, 6.45) is 8.37. The molecular formula is C15H21F2NO2S. The number of anilines is 1. The number of alkyl halides is 2. The molecule has 0 heterocycles. The van der Waals surface area contributed by atoms with Gasteiger partial charge < -0.3 is 5.32 Å². The van der Waals surface area contributed by atoms with Crippen LogP contribution in [0.25, 0.3) is 0 Å². The van der Waals surface area contributed by atoms with Gasteiger partial charge in [-0.1, -0.05) is 32.1 Å². The van der Waals surface area contributed by atoms with Crippen LogP contribution in [-0.2, 0) is 9.84 Å². The Balaban J connectivity index is 2.02. The average molecular weight is 317 g/mol. The minimum Gasteiger partial charge on any atom is -0.382 e. The smallest absolute Gasteiger partial charge is 0.341 e. The molecule has 0 atom stereocenters. The zero-order valence-corrected chi connectivity index (χ0v) is 12.7. The van der Waals surface area contributed by atoms with E-state index in [9.17, 15) is 17.2 Å². The molecule has 3 nitrogen and oxygen atoms in total. The van der Waals surface area contributed by atoms with Crippen LogP contribution in [-0.4, -0.2) is 20.2 Å². The summed E-state index contributed by atoms with van der Waals surface area (Å²) in [6.45, 7) is 0. The van der Waals surface area contributed by atoms with Gasteiger partial charge in [-0.3, -0.25) is 0 Å². The Morgan fingerprint density at radius 3 is 2.00 bits per heavy atom. The monoisotopic (exact) mass is 317 g/mol. The number of nitrogens with one attached hydrogen (secondary N) is 1. The van der Waals surface area contributed by atoms with E-state index >= 15 is 0 Å². The van der Waals surface area contributed by atoms with Crippen LogP contribution in [0.5, 0.6) is 0 Å². The number of hydrogen-bond acceptors (Lipinski definition) is 3. The second-order valence-electron chi connectivity index (χ2n) is 5.52. The van der Waals surface area contributed by atoms with E-state index in [2.05, 4.69) is 5.32 Å². The molecule has 1 saturated carbocycles. The predicted molar refractivity (Wildman–Crippen MR) is 79.4 cm³/mol. The molecule has 1 aromatic carbocycles. The lowest BCUT2D eigenvalue weighted by molar-refractivity contribution is 0.234. The molecule has 21 heavy (non-hydrogen) atoms. The lowest BCUT2D eigenvalue weighted by Gasteiger charge is -2.22. The summed E-state index contributed by atoms with van der Waals surface area (Å²) in [5.41, 5.74) is 0.786. The van der Waals surface area contributed by atoms with Crippen LogP contribution in [0.3, 0.4) is 0 Å². The first kappa shape index (κ1) is 16.2. The Kier molecular flexibility index (Phi) is 5.56. The molecule has 1 aromatic rings. The van der Waals surface area contributed by atoms with Crippen molar-refractivity contribution in [1.29, 1.82) is 0 Å². The molecule has 1 fully saturated rings. The second kappa shape index (κ2) is 7.20. The van der Waals surface area contributed by atoms with Crippen LogP contribution >= 0.6 is 0 Å². The predicted octanol–water partition coefficient (Wildman–Crippen LogP) is 4.21. The Morgan fingerprint density at radius 2 is 1.48 bits per heavy atom. The third-order valence-corrected chi connectivity index (χ3v) is 5.29. The Labute approximate surface area is 124 Å². The molecule has 0 amide bonds. The Hall–Kier alpha value is -1.17. The molecule has 6 heteroatoms. The molecule has 2 rings (SSSR count). The maximum Gasteiger partial charge on any atom is 0.341 e. The first-order valence-electron chi connectivity index (χ1n) is 7.39. The fourth-order valence-electron chi connectivity index (χ4n) is 2.68. The minimum atomic E-state index is -4.50. The summed E-state index contributed by atoms with van der Waals surface area (Å²) in [6, 6.07) is 5.99. The van der Waals surface area contributed by atoms with E-state index in [0.29, 0.717) is 6.04 Å². The topological polar surface area (TPSA) is 46.2 Å². The van der Waals surface area contributed by atoms with E-state index in [1.807, 2.05) is 0 Å². The van der Waals surface area contributed by atoms with Crippen molar-refractivity contribution in [2.75, 3.05) is 5.32 Å². The van der Waals surface area contributed by atoms with E-state index in [0.717, 1.165) is 18.5 Å². The second-order valence-corrected chi connectivity index (χ2v) is 7.43. The van der Waals surface area contributed by atoms with Gasteiger partial charge in [-0.25, -0.2) is 8.42 Å². The first-order chi connectivity index (χ1) is 10.00. The number of halogens is 2. The fourth-order valence-corrected chi connectivity index (χ4v) is 3.40. The lowest BCUT2D eigenvalue weighted by atomic mass is 9.96. The maximum atomic E-state index is 12.5. The summed E-state index contributed by atoms with van der Waals surface area (Å²) < 4.78 is 47.6. The van der Waals surface area contributed by atoms with Crippen LogP contribution in [0.1, 0.15) is 44.9 Å². The summed E-state index contributed by atoms with van der Waals surface area (Å²) >= 11 is 0. The normalized spacial score (nSPS) is 18.2. The molecular weight excluding hydrogens is 296 g/mol. The lowest BCUT2D eigenvalue weighted by Crippen LogP contribution is -2.20. The molecule has 0 aromatic heterocycles. The van der Waals surface area contributed by atoms with Crippen LogP contribution in [0.4, 0.5) is 14.5 Å². The van der Waals surface area contributed by atoms with Crippen molar-refractivity contribution in [3.8, 4) is 0 Å². The number of rotatable bonds is 4. The maximum absolute atomic E-state index is 12.5. The average Bonchev–Trinajstić information content (AvgIpc) is 2.42. The van der Waals surface area contributed by atoms with Gasteiger partial charge in [-0.15, -0.1) is 0 Å². The van der Waals surface area contributed by atoms with E-state index in [-0.39, 0.29) is 4.90 Å². The molecule has 0 radical (unpaired) electrons. The van der Waals surface area contributed by atoms with Gasteiger partial charge in [-0.05, 0) is 37.1 Å². The van der Waals surface area contributed by atoms with Gasteiger partial charge in [-0.2, -0.15) is 8.78 Å².